The zero-order valence-electron chi connectivity index (χ0n) is 20.5. The van der Waals surface area contributed by atoms with Crippen LogP contribution in [0.5, 0.6) is 0 Å². The number of carbonyl (C=O) groups excluding carboxylic acids is 2. The van der Waals surface area contributed by atoms with E-state index in [0.717, 1.165) is 33.7 Å². The average molecular weight is 508 g/mol. The van der Waals surface area contributed by atoms with Gasteiger partial charge in [-0.25, -0.2) is 8.42 Å². The highest BCUT2D eigenvalue weighted by molar-refractivity contribution is 7.92. The van der Waals surface area contributed by atoms with Crippen LogP contribution in [0.2, 0.25) is 5.02 Å². The monoisotopic (exact) mass is 507 g/mol. The fourth-order valence-electron chi connectivity index (χ4n) is 3.78. The van der Waals surface area contributed by atoms with Crippen molar-refractivity contribution in [3.8, 4) is 0 Å². The summed E-state index contributed by atoms with van der Waals surface area (Å²) < 4.78 is 26.5. The van der Waals surface area contributed by atoms with Crippen molar-refractivity contribution in [2.45, 2.75) is 53.1 Å². The molecule has 0 aliphatic heterocycles. The summed E-state index contributed by atoms with van der Waals surface area (Å²) in [5, 5.41) is 3.42. The van der Waals surface area contributed by atoms with Crippen molar-refractivity contribution >= 4 is 39.1 Å². The van der Waals surface area contributed by atoms with Crippen molar-refractivity contribution in [3.63, 3.8) is 0 Å². The number of hydrogen-bond acceptors (Lipinski definition) is 4. The van der Waals surface area contributed by atoms with Crippen molar-refractivity contribution in [1.29, 1.82) is 0 Å². The van der Waals surface area contributed by atoms with Crippen LogP contribution < -0.4 is 9.62 Å². The maximum absolute atomic E-state index is 13.6. The van der Waals surface area contributed by atoms with Gasteiger partial charge in [-0.1, -0.05) is 43.6 Å². The molecule has 1 N–H and O–H groups in total. The quantitative estimate of drug-likeness (QED) is 0.497. The van der Waals surface area contributed by atoms with E-state index in [-0.39, 0.29) is 12.5 Å². The predicted molar refractivity (Wildman–Crippen MR) is 137 cm³/mol. The predicted octanol–water partition coefficient (Wildman–Crippen LogP) is 4.06. The van der Waals surface area contributed by atoms with E-state index < -0.39 is 28.5 Å². The van der Waals surface area contributed by atoms with Gasteiger partial charge in [0.1, 0.15) is 12.6 Å². The Hall–Kier alpha value is -2.58. The van der Waals surface area contributed by atoms with Crippen LogP contribution in [0, 0.1) is 13.8 Å². The molecular weight excluding hydrogens is 474 g/mol. The molecular formula is C25H34ClN3O4S. The molecule has 2 aromatic carbocycles. The van der Waals surface area contributed by atoms with Crippen molar-refractivity contribution in [2.75, 3.05) is 23.7 Å². The Labute approximate surface area is 208 Å². The molecule has 186 valence electrons. The Balaban J connectivity index is 2.44. The molecule has 2 aromatic rings. The van der Waals surface area contributed by atoms with E-state index in [9.17, 15) is 18.0 Å². The first-order chi connectivity index (χ1) is 16.0. The van der Waals surface area contributed by atoms with Gasteiger partial charge in [-0.05, 0) is 67.6 Å². The van der Waals surface area contributed by atoms with Crippen LogP contribution in [0.1, 0.15) is 43.4 Å². The number of amides is 2. The van der Waals surface area contributed by atoms with Crippen LogP contribution >= 0.6 is 11.6 Å². The third-order valence-electron chi connectivity index (χ3n) is 5.37. The molecule has 0 radical (unpaired) electrons. The van der Waals surface area contributed by atoms with Gasteiger partial charge in [0.25, 0.3) is 0 Å². The van der Waals surface area contributed by atoms with Gasteiger partial charge >= 0.3 is 0 Å². The molecule has 0 aromatic heterocycles. The fourth-order valence-corrected chi connectivity index (χ4v) is 4.74. The van der Waals surface area contributed by atoms with Crippen LogP contribution in [-0.4, -0.2) is 50.5 Å². The molecule has 2 rings (SSSR count). The summed E-state index contributed by atoms with van der Waals surface area (Å²) in [6, 6.07) is 11.7. The van der Waals surface area contributed by atoms with E-state index >= 15 is 0 Å². The molecule has 0 aliphatic rings. The summed E-state index contributed by atoms with van der Waals surface area (Å²) in [5.41, 5.74) is 2.99. The van der Waals surface area contributed by atoms with Crippen LogP contribution in [-0.2, 0) is 26.2 Å². The lowest BCUT2D eigenvalue weighted by molar-refractivity contribution is -0.140. The normalized spacial score (nSPS) is 12.2. The van der Waals surface area contributed by atoms with E-state index in [2.05, 4.69) is 5.32 Å². The second kappa shape index (κ2) is 12.2. The SMILES string of the molecule is CCCNC(=O)[C@H](CC)N(Cc1ccc(Cl)cc1)C(=O)CN(c1cc(C)cc(C)c1)S(C)(=O)=O. The Morgan fingerprint density at radius 1 is 1.03 bits per heavy atom. The van der Waals surface area contributed by atoms with Crippen molar-refractivity contribution in [3.05, 3.63) is 64.2 Å². The number of carbonyl (C=O) groups is 2. The summed E-state index contributed by atoms with van der Waals surface area (Å²) in [4.78, 5) is 28.0. The Morgan fingerprint density at radius 2 is 1.62 bits per heavy atom. The largest absolute Gasteiger partial charge is 0.354 e. The molecule has 0 saturated carbocycles. The van der Waals surface area contributed by atoms with Gasteiger partial charge < -0.3 is 10.2 Å². The molecule has 0 aliphatic carbocycles. The zero-order chi connectivity index (χ0) is 25.5. The van der Waals surface area contributed by atoms with Crippen molar-refractivity contribution in [2.24, 2.45) is 0 Å². The van der Waals surface area contributed by atoms with E-state index in [0.29, 0.717) is 23.7 Å². The molecule has 1 atom stereocenters. The number of aryl methyl sites for hydroxylation is 2. The highest BCUT2D eigenvalue weighted by Crippen LogP contribution is 2.23. The first kappa shape index (κ1) is 27.7. The minimum absolute atomic E-state index is 0.151. The van der Waals surface area contributed by atoms with Crippen LogP contribution in [0.3, 0.4) is 0 Å². The minimum atomic E-state index is -3.76. The molecule has 0 spiro atoms. The third-order valence-corrected chi connectivity index (χ3v) is 6.77. The minimum Gasteiger partial charge on any atom is -0.354 e. The number of anilines is 1. The number of hydrogen-bond donors (Lipinski definition) is 1. The van der Waals surface area contributed by atoms with E-state index in [1.807, 2.05) is 33.8 Å². The van der Waals surface area contributed by atoms with Crippen molar-refractivity contribution < 1.29 is 18.0 Å². The van der Waals surface area contributed by atoms with Gasteiger partial charge in [0, 0.05) is 18.1 Å². The van der Waals surface area contributed by atoms with E-state index in [1.165, 1.54) is 4.90 Å². The van der Waals surface area contributed by atoms with Crippen LogP contribution in [0.25, 0.3) is 0 Å². The van der Waals surface area contributed by atoms with Gasteiger partial charge in [0.2, 0.25) is 21.8 Å². The molecule has 2 amide bonds. The smallest absolute Gasteiger partial charge is 0.244 e. The molecule has 7 nitrogen and oxygen atoms in total. The second-order valence-corrected chi connectivity index (χ2v) is 10.8. The van der Waals surface area contributed by atoms with Gasteiger partial charge in [0.15, 0.2) is 0 Å². The molecule has 9 heteroatoms. The van der Waals surface area contributed by atoms with Gasteiger partial charge in [0.05, 0.1) is 11.9 Å². The number of benzene rings is 2. The Bertz CT molecular complexity index is 1080. The standard InChI is InChI=1S/C25H34ClN3O4S/c1-6-12-27-25(31)23(7-2)28(16-20-8-10-21(26)11-9-20)24(30)17-29(34(5,32)33)22-14-18(3)13-19(4)15-22/h8-11,13-15,23H,6-7,12,16-17H2,1-5H3,(H,27,31)/t23-/m0/s1. The number of sulfonamides is 1. The molecule has 0 fully saturated rings. The van der Waals surface area contributed by atoms with Gasteiger partial charge in [-0.3, -0.25) is 13.9 Å². The highest BCUT2D eigenvalue weighted by Gasteiger charge is 2.31. The maximum Gasteiger partial charge on any atom is 0.244 e. The Morgan fingerprint density at radius 3 is 2.12 bits per heavy atom. The lowest BCUT2D eigenvalue weighted by Gasteiger charge is -2.33. The Kier molecular flexibility index (Phi) is 9.94. The summed E-state index contributed by atoms with van der Waals surface area (Å²) in [6.07, 6.45) is 2.23. The molecule has 0 saturated heterocycles. The van der Waals surface area contributed by atoms with E-state index in [4.69, 9.17) is 11.6 Å². The number of nitrogens with zero attached hydrogens (tertiary/aromatic N) is 2. The lowest BCUT2D eigenvalue weighted by Crippen LogP contribution is -2.52. The first-order valence-electron chi connectivity index (χ1n) is 11.3. The first-order valence-corrected chi connectivity index (χ1v) is 13.6. The lowest BCUT2D eigenvalue weighted by atomic mass is 10.1. The number of rotatable bonds is 11. The van der Waals surface area contributed by atoms with E-state index in [1.54, 1.807) is 36.4 Å². The highest BCUT2D eigenvalue weighted by atomic mass is 35.5. The molecule has 0 heterocycles. The fraction of sp³-hybridized carbons (Fsp3) is 0.440. The van der Waals surface area contributed by atoms with Gasteiger partial charge in [-0.15, -0.1) is 0 Å². The molecule has 0 unspecified atom stereocenters. The topological polar surface area (TPSA) is 86.8 Å². The average Bonchev–Trinajstić information content (AvgIpc) is 2.75. The summed E-state index contributed by atoms with van der Waals surface area (Å²) in [5.74, 6) is -0.720. The van der Waals surface area contributed by atoms with Crippen LogP contribution in [0.4, 0.5) is 5.69 Å². The molecule has 0 bridgehead atoms. The maximum atomic E-state index is 13.6. The van der Waals surface area contributed by atoms with Crippen LogP contribution in [0.15, 0.2) is 42.5 Å². The summed E-state index contributed by atoms with van der Waals surface area (Å²) in [7, 11) is -3.76. The number of nitrogens with one attached hydrogen (secondary N) is 1. The summed E-state index contributed by atoms with van der Waals surface area (Å²) >= 11 is 6.00. The molecule has 34 heavy (non-hydrogen) atoms. The zero-order valence-corrected chi connectivity index (χ0v) is 22.0. The summed E-state index contributed by atoms with van der Waals surface area (Å²) in [6.45, 7) is 7.76. The van der Waals surface area contributed by atoms with Gasteiger partial charge in [-0.2, -0.15) is 0 Å². The van der Waals surface area contributed by atoms with Crippen molar-refractivity contribution in [1.82, 2.24) is 10.2 Å². The number of halogens is 1. The second-order valence-electron chi connectivity index (χ2n) is 8.48. The third kappa shape index (κ3) is 7.74.